The molecule has 7 heteroatoms. The highest BCUT2D eigenvalue weighted by molar-refractivity contribution is 5.94. The molecule has 10 N–H and O–H groups in total. The van der Waals surface area contributed by atoms with Gasteiger partial charge in [-0.3, -0.25) is 4.79 Å². The maximum absolute atomic E-state index is 10.7. The Morgan fingerprint density at radius 3 is 1.59 bits per heavy atom. The SMILES string of the molecule is C=Cc1ccc(N)cc1.CC(=O)c1ccc(N)cc1.CC(O)C1CCC(N)CC1.CC(O)c1ccc(N)cc1.[HH]. The van der Waals surface area contributed by atoms with Gasteiger partial charge in [-0.15, -0.1) is 0 Å². The summed E-state index contributed by atoms with van der Waals surface area (Å²) >= 11 is 0. The van der Waals surface area contributed by atoms with Crippen LogP contribution in [0.25, 0.3) is 6.08 Å². The lowest BCUT2D eigenvalue weighted by atomic mass is 9.84. The lowest BCUT2D eigenvalue weighted by molar-refractivity contribution is 0.0972. The quantitative estimate of drug-likeness (QED) is 0.180. The van der Waals surface area contributed by atoms with E-state index in [1.54, 1.807) is 49.4 Å². The van der Waals surface area contributed by atoms with Crippen LogP contribution in [0.4, 0.5) is 17.1 Å². The standard InChI is InChI=1S/C8H17NO.C8H11NO.C8H9NO.C8H9N.H2/c3*1-6(10)7-2-4-8(9)5-3-7;1-2-7-3-5-8(9)6-4-7;/h6-8,10H,2-5,9H2,1H3;2-6,10H,9H2,1H3;2-5H,9H2,1H3;2-6H,1,9H2;1H. The summed E-state index contributed by atoms with van der Waals surface area (Å²) in [6.45, 7) is 8.76. The number of aliphatic hydroxyl groups excluding tert-OH is 2. The zero-order chi connectivity index (χ0) is 29.4. The highest BCUT2D eigenvalue weighted by atomic mass is 16.3. The van der Waals surface area contributed by atoms with Crippen LogP contribution in [0.3, 0.4) is 0 Å². The molecule has 0 bridgehead atoms. The second-order valence-electron chi connectivity index (χ2n) is 9.81. The maximum Gasteiger partial charge on any atom is 0.159 e. The van der Waals surface area contributed by atoms with Crippen LogP contribution in [-0.2, 0) is 0 Å². The predicted molar refractivity (Wildman–Crippen MR) is 167 cm³/mol. The van der Waals surface area contributed by atoms with Gasteiger partial charge in [0.2, 0.25) is 0 Å². The Morgan fingerprint density at radius 2 is 1.23 bits per heavy atom. The molecule has 1 fully saturated rings. The van der Waals surface area contributed by atoms with Crippen LogP contribution in [0.1, 0.15) is 75.5 Å². The monoisotopic (exact) mass is 536 g/mol. The van der Waals surface area contributed by atoms with E-state index in [0.717, 1.165) is 48.2 Å². The van der Waals surface area contributed by atoms with Crippen LogP contribution in [-0.4, -0.2) is 28.1 Å². The number of rotatable bonds is 4. The number of anilines is 3. The van der Waals surface area contributed by atoms with E-state index in [1.807, 2.05) is 43.3 Å². The first-order valence-corrected chi connectivity index (χ1v) is 13.2. The minimum absolute atomic E-state index is 0. The summed E-state index contributed by atoms with van der Waals surface area (Å²) in [5.74, 6) is 0.583. The van der Waals surface area contributed by atoms with Crippen molar-refractivity contribution in [2.45, 2.75) is 64.7 Å². The molecule has 3 aromatic rings. The average Bonchev–Trinajstić information content (AvgIpc) is 2.91. The van der Waals surface area contributed by atoms with E-state index in [4.69, 9.17) is 28.0 Å². The second kappa shape index (κ2) is 17.8. The first kappa shape index (κ1) is 33.4. The van der Waals surface area contributed by atoms with Crippen LogP contribution < -0.4 is 22.9 Å². The summed E-state index contributed by atoms with van der Waals surface area (Å²) in [5, 5.41) is 18.3. The summed E-state index contributed by atoms with van der Waals surface area (Å²) in [4.78, 5) is 10.7. The third kappa shape index (κ3) is 14.2. The van der Waals surface area contributed by atoms with Gasteiger partial charge in [0.15, 0.2) is 5.78 Å². The van der Waals surface area contributed by atoms with E-state index in [9.17, 15) is 9.90 Å². The molecule has 214 valence electrons. The molecule has 2 atom stereocenters. The number of carbonyl (C=O) groups is 1. The summed E-state index contributed by atoms with van der Waals surface area (Å²) in [6, 6.07) is 22.1. The maximum atomic E-state index is 10.7. The lowest BCUT2D eigenvalue weighted by Crippen LogP contribution is -2.30. The zero-order valence-electron chi connectivity index (χ0n) is 23.5. The van der Waals surface area contributed by atoms with Crippen molar-refractivity contribution in [3.8, 4) is 0 Å². The smallest absolute Gasteiger partial charge is 0.159 e. The van der Waals surface area contributed by atoms with E-state index in [1.165, 1.54) is 6.92 Å². The van der Waals surface area contributed by atoms with E-state index >= 15 is 0 Å². The minimum atomic E-state index is -0.402. The average molecular weight is 537 g/mol. The van der Waals surface area contributed by atoms with Gasteiger partial charge in [0.25, 0.3) is 0 Å². The first-order valence-electron chi connectivity index (χ1n) is 13.2. The van der Waals surface area contributed by atoms with Crippen molar-refractivity contribution in [1.82, 2.24) is 0 Å². The number of carbonyl (C=O) groups excluding carboxylic acids is 1. The molecule has 0 aliphatic heterocycles. The molecule has 0 heterocycles. The molecule has 1 saturated carbocycles. The molecule has 0 radical (unpaired) electrons. The van der Waals surface area contributed by atoms with Crippen molar-refractivity contribution >= 4 is 28.9 Å². The van der Waals surface area contributed by atoms with Gasteiger partial charge in [-0.25, -0.2) is 0 Å². The summed E-state index contributed by atoms with van der Waals surface area (Å²) in [6.07, 6.45) is 5.66. The number of nitrogen functional groups attached to an aromatic ring is 3. The summed E-state index contributed by atoms with van der Waals surface area (Å²) in [7, 11) is 0. The summed E-state index contributed by atoms with van der Waals surface area (Å²) < 4.78 is 0. The Labute approximate surface area is 235 Å². The van der Waals surface area contributed by atoms with Crippen molar-refractivity contribution in [2.75, 3.05) is 17.2 Å². The molecule has 7 nitrogen and oxygen atoms in total. The molecule has 0 aromatic heterocycles. The molecule has 4 rings (SSSR count). The van der Waals surface area contributed by atoms with Crippen molar-refractivity contribution in [1.29, 1.82) is 0 Å². The van der Waals surface area contributed by atoms with Crippen molar-refractivity contribution in [3.05, 3.63) is 96.1 Å². The fourth-order valence-corrected chi connectivity index (χ4v) is 3.75. The molecule has 39 heavy (non-hydrogen) atoms. The van der Waals surface area contributed by atoms with Gasteiger partial charge in [0.1, 0.15) is 0 Å². The minimum Gasteiger partial charge on any atom is -0.399 e. The van der Waals surface area contributed by atoms with Gasteiger partial charge in [-0.1, -0.05) is 36.9 Å². The molecular formula is C32H48N4O3. The second-order valence-corrected chi connectivity index (χ2v) is 9.81. The van der Waals surface area contributed by atoms with Crippen molar-refractivity contribution in [3.63, 3.8) is 0 Å². The number of aliphatic hydroxyl groups is 2. The van der Waals surface area contributed by atoms with Gasteiger partial charge in [-0.2, -0.15) is 0 Å². The van der Waals surface area contributed by atoms with E-state index in [2.05, 4.69) is 6.58 Å². The Kier molecular flexibility index (Phi) is 15.2. The number of Topliss-reactive ketones (excluding diaryl/α,β-unsaturated/α-hetero) is 1. The van der Waals surface area contributed by atoms with E-state index < -0.39 is 6.10 Å². The molecule has 0 amide bonds. The number of benzene rings is 3. The highest BCUT2D eigenvalue weighted by Gasteiger charge is 2.21. The fourth-order valence-electron chi connectivity index (χ4n) is 3.75. The van der Waals surface area contributed by atoms with Crippen molar-refractivity contribution in [2.24, 2.45) is 11.7 Å². The normalized spacial score (nSPS) is 17.4. The molecular weight excluding hydrogens is 488 g/mol. The van der Waals surface area contributed by atoms with Crippen LogP contribution in [0.15, 0.2) is 79.4 Å². The molecule has 2 unspecified atom stereocenters. The van der Waals surface area contributed by atoms with Crippen LogP contribution in [0, 0.1) is 5.92 Å². The van der Waals surface area contributed by atoms with Gasteiger partial charge in [0, 0.05) is 30.1 Å². The third-order valence-electron chi connectivity index (χ3n) is 6.41. The third-order valence-corrected chi connectivity index (χ3v) is 6.41. The van der Waals surface area contributed by atoms with E-state index in [0.29, 0.717) is 23.2 Å². The van der Waals surface area contributed by atoms with Gasteiger partial charge >= 0.3 is 0 Å². The van der Waals surface area contributed by atoms with Crippen LogP contribution >= 0.6 is 0 Å². The highest BCUT2D eigenvalue weighted by Crippen LogP contribution is 2.25. The van der Waals surface area contributed by atoms with E-state index in [-0.39, 0.29) is 13.3 Å². The Hall–Kier alpha value is -3.65. The Balaban J connectivity index is 0.000000503. The number of nitrogens with two attached hydrogens (primary N) is 4. The van der Waals surface area contributed by atoms with Gasteiger partial charge < -0.3 is 33.1 Å². The Bertz CT molecular complexity index is 1090. The number of ketones is 1. The molecule has 0 saturated heterocycles. The Morgan fingerprint density at radius 1 is 0.821 bits per heavy atom. The van der Waals surface area contributed by atoms with Crippen LogP contribution in [0.5, 0.6) is 0 Å². The van der Waals surface area contributed by atoms with Gasteiger partial charge in [-0.05, 0) is 112 Å². The van der Waals surface area contributed by atoms with Gasteiger partial charge in [0.05, 0.1) is 12.2 Å². The zero-order valence-corrected chi connectivity index (χ0v) is 23.5. The largest absolute Gasteiger partial charge is 0.399 e. The van der Waals surface area contributed by atoms with Crippen LogP contribution in [0.2, 0.25) is 0 Å². The molecule has 1 aliphatic carbocycles. The topological polar surface area (TPSA) is 162 Å². The molecule has 3 aromatic carbocycles. The molecule has 0 spiro atoms. The predicted octanol–water partition coefficient (Wildman–Crippen LogP) is 5.84. The number of hydrogen-bond donors (Lipinski definition) is 6. The van der Waals surface area contributed by atoms with Crippen molar-refractivity contribution < 1.29 is 16.4 Å². The summed E-state index contributed by atoms with van der Waals surface area (Å²) in [5.41, 5.74) is 26.9. The number of hydrogen-bond acceptors (Lipinski definition) is 7. The molecule has 1 aliphatic rings. The fraction of sp³-hybridized carbons (Fsp3) is 0.344. The lowest BCUT2D eigenvalue weighted by Gasteiger charge is -2.27. The first-order chi connectivity index (χ1) is 18.4.